The first-order valence-corrected chi connectivity index (χ1v) is 30.6. The van der Waals surface area contributed by atoms with Crippen LogP contribution >= 0.6 is 17.0 Å². The van der Waals surface area contributed by atoms with Crippen LogP contribution in [0, 0.1) is 24.7 Å². The van der Waals surface area contributed by atoms with Crippen molar-refractivity contribution < 1.29 is 20.8 Å². The molecule has 0 saturated heterocycles. The van der Waals surface area contributed by atoms with Gasteiger partial charge in [0, 0.05) is 9.52 Å². The molecule has 2 fully saturated rings. The van der Waals surface area contributed by atoms with Gasteiger partial charge in [0.25, 0.3) is 0 Å². The van der Waals surface area contributed by atoms with Crippen LogP contribution < -0.4 is 0 Å². The Labute approximate surface area is 374 Å². The minimum absolute atomic E-state index is 0.533. The molecule has 58 heavy (non-hydrogen) atoms. The number of hydrogen-bond acceptors (Lipinski definition) is 0. The average Bonchev–Trinajstić information content (AvgIpc) is 3.65. The monoisotopic (exact) mass is 904 g/mol. The summed E-state index contributed by atoms with van der Waals surface area (Å²) in [6.07, 6.45) is 22.2. The molecule has 0 N–H and O–H groups in total. The molecule has 0 unspecified atom stereocenters. The topological polar surface area (TPSA) is 0 Å². The molecule has 2 aliphatic carbocycles. The van der Waals surface area contributed by atoms with Gasteiger partial charge in [0.1, 0.15) is 0 Å². The fourth-order valence-corrected chi connectivity index (χ4v) is 9.90. The van der Waals surface area contributed by atoms with Gasteiger partial charge in [-0.25, -0.2) is 0 Å². The predicted octanol–water partition coefficient (Wildman–Crippen LogP) is 17.8. The molecular weight excluding hydrogens is 839 g/mol. The Morgan fingerprint density at radius 1 is 0.534 bits per heavy atom. The van der Waals surface area contributed by atoms with Gasteiger partial charge in [-0.2, -0.15) is 12.1 Å². The van der Waals surface area contributed by atoms with E-state index in [0.717, 1.165) is 9.52 Å². The molecule has 0 nitrogen and oxygen atoms in total. The van der Waals surface area contributed by atoms with Crippen LogP contribution in [0.3, 0.4) is 0 Å². The van der Waals surface area contributed by atoms with E-state index in [9.17, 15) is 0 Å². The number of rotatable bonds is 8. The van der Waals surface area contributed by atoms with Gasteiger partial charge in [-0.1, -0.05) is 174 Å². The van der Waals surface area contributed by atoms with Gasteiger partial charge in [0.15, 0.2) is 0 Å². The van der Waals surface area contributed by atoms with E-state index in [1.54, 1.807) is 11.1 Å². The summed E-state index contributed by atoms with van der Waals surface area (Å²) in [5, 5.41) is 5.65. The molecule has 0 spiro atoms. The van der Waals surface area contributed by atoms with E-state index < -0.39 is 20.8 Å². The van der Waals surface area contributed by atoms with E-state index in [2.05, 4.69) is 150 Å². The molecule has 0 amide bonds. The number of fused-ring (bicyclic) bond motifs is 2. The molecular formula is C54H68Cl2SiZr. The van der Waals surface area contributed by atoms with E-state index >= 15 is 0 Å². The first-order valence-electron chi connectivity index (χ1n) is 22.3. The molecule has 0 aliphatic heterocycles. The summed E-state index contributed by atoms with van der Waals surface area (Å²) >= 11 is -0.826. The van der Waals surface area contributed by atoms with Crippen molar-refractivity contribution in [1.82, 2.24) is 0 Å². The van der Waals surface area contributed by atoms with Crippen LogP contribution in [0.5, 0.6) is 0 Å². The second kappa shape index (κ2) is 23.7. The van der Waals surface area contributed by atoms with E-state index in [0.29, 0.717) is 10.8 Å². The van der Waals surface area contributed by atoms with Crippen LogP contribution in [0.4, 0.5) is 0 Å². The Hall–Kier alpha value is -2.22. The summed E-state index contributed by atoms with van der Waals surface area (Å²) in [6, 6.07) is 41.3. The van der Waals surface area contributed by atoms with Crippen molar-refractivity contribution in [2.24, 2.45) is 10.8 Å². The molecule has 2 radical (unpaired) electrons. The molecule has 0 atom stereocenters. The fraction of sp³-hybridized carbons (Fsp3) is 0.444. The van der Waals surface area contributed by atoms with Crippen LogP contribution in [-0.4, -0.2) is 9.52 Å². The normalized spacial score (nSPS) is 16.0. The van der Waals surface area contributed by atoms with Gasteiger partial charge in [0.05, 0.1) is 0 Å². The van der Waals surface area contributed by atoms with Gasteiger partial charge < -0.3 is 0 Å². The van der Waals surface area contributed by atoms with E-state index in [-0.39, 0.29) is 0 Å². The Morgan fingerprint density at radius 3 is 1.17 bits per heavy atom. The molecule has 8 rings (SSSR count). The number of halogens is 2. The van der Waals surface area contributed by atoms with E-state index in [4.69, 9.17) is 17.0 Å². The molecule has 4 heteroatoms. The zero-order valence-electron chi connectivity index (χ0n) is 36.5. The first-order chi connectivity index (χ1) is 28.2. The summed E-state index contributed by atoms with van der Waals surface area (Å²) in [6.45, 7) is 13.4. The maximum absolute atomic E-state index is 4.93. The maximum atomic E-state index is 4.93. The van der Waals surface area contributed by atoms with E-state index in [1.807, 2.05) is 0 Å². The molecule has 6 aromatic rings. The molecule has 306 valence electrons. The first kappa shape index (κ1) is 46.8. The van der Waals surface area contributed by atoms with Gasteiger partial charge >= 0.3 is 37.9 Å². The van der Waals surface area contributed by atoms with Crippen molar-refractivity contribution in [2.45, 2.75) is 144 Å². The summed E-state index contributed by atoms with van der Waals surface area (Å²) in [5.41, 5.74) is 12.2. The Balaban J connectivity index is 0.000000195. The summed E-state index contributed by atoms with van der Waals surface area (Å²) in [4.78, 5) is 0. The van der Waals surface area contributed by atoms with Crippen LogP contribution in [0.25, 0.3) is 43.8 Å². The fourth-order valence-electron chi connectivity index (χ4n) is 9.90. The number of hydrogen-bond donors (Lipinski definition) is 0. The minimum atomic E-state index is -0.826. The summed E-state index contributed by atoms with van der Waals surface area (Å²) < 4.78 is 0. The van der Waals surface area contributed by atoms with Crippen molar-refractivity contribution in [3.63, 3.8) is 0 Å². The Kier molecular flexibility index (Phi) is 19.1. The second-order valence-corrected chi connectivity index (χ2v) is 22.3. The molecule has 0 aromatic heterocycles. The third-order valence-corrected chi connectivity index (χ3v) is 13.3. The summed E-state index contributed by atoms with van der Waals surface area (Å²) in [7, 11) is 11.0. The van der Waals surface area contributed by atoms with Gasteiger partial charge in [0.2, 0.25) is 0 Å². The number of aryl methyl sites for hydroxylation is 2. The van der Waals surface area contributed by atoms with Crippen molar-refractivity contribution in [3.8, 4) is 22.3 Å². The quantitative estimate of drug-likeness (QED) is 0.0811. The van der Waals surface area contributed by atoms with Crippen molar-refractivity contribution in [2.75, 3.05) is 0 Å². The second-order valence-electron chi connectivity index (χ2n) is 17.5. The zero-order valence-corrected chi connectivity index (χ0v) is 41.4. The van der Waals surface area contributed by atoms with Crippen molar-refractivity contribution in [3.05, 3.63) is 131 Å². The Bertz CT molecular complexity index is 1920. The van der Waals surface area contributed by atoms with E-state index in [1.165, 1.54) is 158 Å². The van der Waals surface area contributed by atoms with Gasteiger partial charge in [-0.15, -0.1) is 69.1 Å². The molecule has 2 aliphatic rings. The molecule has 0 heterocycles. The predicted molar refractivity (Wildman–Crippen MR) is 257 cm³/mol. The van der Waals surface area contributed by atoms with Crippen molar-refractivity contribution in [1.29, 1.82) is 0 Å². The van der Waals surface area contributed by atoms with Crippen LogP contribution in [0.15, 0.2) is 109 Å². The average molecular weight is 907 g/mol. The van der Waals surface area contributed by atoms with Crippen LogP contribution in [0.2, 0.25) is 13.1 Å². The van der Waals surface area contributed by atoms with Crippen LogP contribution in [0.1, 0.15) is 126 Å². The summed E-state index contributed by atoms with van der Waals surface area (Å²) in [5.74, 6) is 0. The van der Waals surface area contributed by atoms with Crippen molar-refractivity contribution >= 4 is 48.1 Å². The standard InChI is InChI=1S/2C26H31.C2H6Si.2ClH.Zr/c2*1-3-26(15-6-4-5-7-16-26)19-21-17-23-9-8-10-24(25(23)18-21)22-13-11-20(2)12-14-22;1-3-2;;;/h2*8-14,17-18H,3-7,15-16,19H2,1-2H3;1-2H3;2*1H;/q2*-1;;;;+4/p-2. The zero-order chi connectivity index (χ0) is 41.4. The van der Waals surface area contributed by atoms with Gasteiger partial charge in [-0.05, 0) is 74.3 Å². The number of benzene rings is 4. The molecule has 2 saturated carbocycles. The third-order valence-electron chi connectivity index (χ3n) is 13.3. The van der Waals surface area contributed by atoms with Crippen LogP contribution in [-0.2, 0) is 33.7 Å². The molecule has 6 aromatic carbocycles. The SMILES string of the molecule is CCC1(Cc2cc3c(-c4ccc(C)cc4)cccc3[cH-]2)CCCCCC1.CCC1(Cc2cc3c(-c4ccc(C)cc4)cccc3[cH-]2)CCCCCC1.C[Si]C.[Cl][Zr+2][Cl]. The van der Waals surface area contributed by atoms with Gasteiger partial charge in [-0.3, -0.25) is 0 Å². The third kappa shape index (κ3) is 12.9. The Morgan fingerprint density at radius 2 is 0.862 bits per heavy atom. The molecule has 0 bridgehead atoms.